The molecule has 3 rings (SSSR count). The van der Waals surface area contributed by atoms with Gasteiger partial charge < -0.3 is 0 Å². The van der Waals surface area contributed by atoms with Crippen LogP contribution in [-0.4, -0.2) is 46.9 Å². The van der Waals surface area contributed by atoms with Crippen LogP contribution in [0.5, 0.6) is 0 Å². The third-order valence-electron chi connectivity index (χ3n) is 4.08. The molecule has 23 heavy (non-hydrogen) atoms. The van der Waals surface area contributed by atoms with Crippen molar-refractivity contribution in [3.8, 4) is 0 Å². The summed E-state index contributed by atoms with van der Waals surface area (Å²) in [5, 5.41) is 4.36. The Labute approximate surface area is 140 Å². The molecule has 2 aromatic heterocycles. The van der Waals surface area contributed by atoms with Gasteiger partial charge in [-0.25, -0.2) is 18.1 Å². The molecule has 2 aromatic rings. The van der Waals surface area contributed by atoms with Crippen molar-refractivity contribution in [3.63, 3.8) is 0 Å². The molecule has 0 bridgehead atoms. The molecule has 126 valence electrons. The van der Waals surface area contributed by atoms with Crippen LogP contribution in [0.15, 0.2) is 17.8 Å². The summed E-state index contributed by atoms with van der Waals surface area (Å²) in [6.45, 7) is 6.43. The van der Waals surface area contributed by atoms with Crippen LogP contribution in [0.1, 0.15) is 29.2 Å². The van der Waals surface area contributed by atoms with Crippen LogP contribution in [0.3, 0.4) is 0 Å². The minimum atomic E-state index is -3.20. The maximum Gasteiger partial charge on any atom is 0.211 e. The molecule has 0 amide bonds. The molecule has 0 aromatic carbocycles. The molecule has 1 N–H and O–H groups in total. The summed E-state index contributed by atoms with van der Waals surface area (Å²) < 4.78 is 28.0. The van der Waals surface area contributed by atoms with Crippen molar-refractivity contribution < 1.29 is 8.42 Å². The van der Waals surface area contributed by atoms with E-state index < -0.39 is 10.0 Å². The van der Waals surface area contributed by atoms with Gasteiger partial charge in [-0.2, -0.15) is 5.10 Å². The van der Waals surface area contributed by atoms with Gasteiger partial charge in [0.25, 0.3) is 0 Å². The van der Waals surface area contributed by atoms with Gasteiger partial charge in [-0.15, -0.1) is 11.3 Å². The second kappa shape index (κ2) is 6.68. The van der Waals surface area contributed by atoms with Crippen molar-refractivity contribution in [3.05, 3.63) is 34.0 Å². The number of thiazole rings is 1. The van der Waals surface area contributed by atoms with Gasteiger partial charge in [0.05, 0.1) is 28.7 Å². The smallest absolute Gasteiger partial charge is 0.211 e. The summed E-state index contributed by atoms with van der Waals surface area (Å²) in [7, 11) is -3.20. The van der Waals surface area contributed by atoms with Gasteiger partial charge in [0.2, 0.25) is 10.0 Å². The van der Waals surface area contributed by atoms with Gasteiger partial charge in [-0.3, -0.25) is 9.58 Å². The molecule has 0 spiro atoms. The van der Waals surface area contributed by atoms with E-state index in [1.54, 1.807) is 24.5 Å². The zero-order valence-electron chi connectivity index (χ0n) is 13.3. The summed E-state index contributed by atoms with van der Waals surface area (Å²) in [5.41, 5.74) is 4.04. The van der Waals surface area contributed by atoms with Crippen molar-refractivity contribution in [2.24, 2.45) is 0 Å². The average Bonchev–Trinajstić information content (AvgIpc) is 3.14. The van der Waals surface area contributed by atoms with Gasteiger partial charge in [0.15, 0.2) is 0 Å². The summed E-state index contributed by atoms with van der Waals surface area (Å²) >= 11 is 1.66. The van der Waals surface area contributed by atoms with Crippen molar-refractivity contribution in [1.82, 2.24) is 24.4 Å². The topological polar surface area (TPSA) is 80.1 Å². The van der Waals surface area contributed by atoms with Gasteiger partial charge in [-0.05, 0) is 19.9 Å². The molecule has 0 fully saturated rings. The fraction of sp³-hybridized carbons (Fsp3) is 0.571. The SMILES string of the molecule is CCS(=O)(=O)NC[C@@H]1CN(Cc2scnc2C)Cc2ccnn21. The Morgan fingerprint density at radius 3 is 3.00 bits per heavy atom. The average molecular weight is 355 g/mol. The molecule has 9 heteroatoms. The van der Waals surface area contributed by atoms with Gasteiger partial charge in [-0.1, -0.05) is 0 Å². The molecule has 1 aliphatic heterocycles. The van der Waals surface area contributed by atoms with E-state index in [9.17, 15) is 8.42 Å². The zero-order valence-corrected chi connectivity index (χ0v) is 14.9. The number of hydrogen-bond acceptors (Lipinski definition) is 6. The molecule has 7 nitrogen and oxygen atoms in total. The zero-order chi connectivity index (χ0) is 16.4. The van der Waals surface area contributed by atoms with Crippen molar-refractivity contribution >= 4 is 21.4 Å². The first-order valence-corrected chi connectivity index (χ1v) is 10.1. The number of aromatic nitrogens is 3. The van der Waals surface area contributed by atoms with Crippen LogP contribution in [-0.2, 0) is 23.1 Å². The minimum Gasteiger partial charge on any atom is -0.290 e. The molecular weight excluding hydrogens is 334 g/mol. The number of sulfonamides is 1. The van der Waals surface area contributed by atoms with Gasteiger partial charge >= 0.3 is 0 Å². The lowest BCUT2D eigenvalue weighted by atomic mass is 10.2. The first-order chi connectivity index (χ1) is 11.0. The normalized spacial score (nSPS) is 19.0. The molecule has 0 saturated heterocycles. The third-order valence-corrected chi connectivity index (χ3v) is 6.37. The van der Waals surface area contributed by atoms with E-state index in [1.165, 1.54) is 4.88 Å². The van der Waals surface area contributed by atoms with E-state index in [-0.39, 0.29) is 11.8 Å². The number of fused-ring (bicyclic) bond motifs is 1. The molecule has 0 unspecified atom stereocenters. The minimum absolute atomic E-state index is 0.00306. The number of aryl methyl sites for hydroxylation is 1. The standard InChI is InChI=1S/C14H21N5O2S2/c1-3-23(20,21)17-6-13-8-18(7-12-4-5-16-19(12)13)9-14-11(2)15-10-22-14/h4-5,10,13,17H,3,6-9H2,1-2H3/t13-/m1/s1. The second-order valence-corrected chi connectivity index (χ2v) is 8.74. The molecule has 1 atom stereocenters. The highest BCUT2D eigenvalue weighted by Crippen LogP contribution is 2.23. The van der Waals surface area contributed by atoms with E-state index >= 15 is 0 Å². The first-order valence-electron chi connectivity index (χ1n) is 7.59. The van der Waals surface area contributed by atoms with Crippen molar-refractivity contribution in [2.75, 3.05) is 18.8 Å². The Balaban J connectivity index is 1.73. The number of rotatable bonds is 6. The molecule has 1 aliphatic rings. The largest absolute Gasteiger partial charge is 0.290 e. The van der Waals surface area contributed by atoms with Crippen LogP contribution in [0, 0.1) is 6.92 Å². The predicted molar refractivity (Wildman–Crippen MR) is 89.7 cm³/mol. The van der Waals surface area contributed by atoms with Crippen LogP contribution in [0.2, 0.25) is 0 Å². The lowest BCUT2D eigenvalue weighted by Crippen LogP contribution is -2.42. The summed E-state index contributed by atoms with van der Waals surface area (Å²) in [5.74, 6) is 0.0927. The number of nitrogens with one attached hydrogen (secondary N) is 1. The van der Waals surface area contributed by atoms with Crippen LogP contribution in [0.4, 0.5) is 0 Å². The molecule has 0 aliphatic carbocycles. The highest BCUT2D eigenvalue weighted by Gasteiger charge is 2.27. The lowest BCUT2D eigenvalue weighted by Gasteiger charge is -2.33. The lowest BCUT2D eigenvalue weighted by molar-refractivity contribution is 0.169. The highest BCUT2D eigenvalue weighted by atomic mass is 32.2. The molecular formula is C14H21N5O2S2. The van der Waals surface area contributed by atoms with E-state index in [0.717, 1.165) is 31.0 Å². The summed E-state index contributed by atoms with van der Waals surface area (Å²) in [6, 6.07) is 2.00. The van der Waals surface area contributed by atoms with Crippen LogP contribution in [0.25, 0.3) is 0 Å². The van der Waals surface area contributed by atoms with E-state index in [4.69, 9.17) is 0 Å². The first kappa shape index (κ1) is 16.6. The molecule has 3 heterocycles. The molecule has 0 radical (unpaired) electrons. The Bertz CT molecular complexity index is 768. The van der Waals surface area contributed by atoms with E-state index in [0.29, 0.717) is 6.54 Å². The van der Waals surface area contributed by atoms with Crippen molar-refractivity contribution in [2.45, 2.75) is 33.0 Å². The van der Waals surface area contributed by atoms with Crippen LogP contribution >= 0.6 is 11.3 Å². The fourth-order valence-electron chi connectivity index (χ4n) is 2.74. The van der Waals surface area contributed by atoms with E-state index in [2.05, 4.69) is 19.7 Å². The maximum absolute atomic E-state index is 11.7. The number of hydrogen-bond donors (Lipinski definition) is 1. The number of nitrogens with zero attached hydrogens (tertiary/aromatic N) is 4. The fourth-order valence-corrected chi connectivity index (χ4v) is 4.21. The molecule has 0 saturated carbocycles. The quantitative estimate of drug-likeness (QED) is 0.841. The van der Waals surface area contributed by atoms with Crippen LogP contribution < -0.4 is 4.72 Å². The Kier molecular flexibility index (Phi) is 4.81. The summed E-state index contributed by atoms with van der Waals surface area (Å²) in [6.07, 6.45) is 1.78. The van der Waals surface area contributed by atoms with Gasteiger partial charge in [0, 0.05) is 37.3 Å². The maximum atomic E-state index is 11.7. The Morgan fingerprint density at radius 1 is 1.48 bits per heavy atom. The summed E-state index contributed by atoms with van der Waals surface area (Å²) in [4.78, 5) is 7.88. The Morgan fingerprint density at radius 2 is 2.30 bits per heavy atom. The Hall–Kier alpha value is -1.29. The third kappa shape index (κ3) is 3.79. The van der Waals surface area contributed by atoms with Gasteiger partial charge in [0.1, 0.15) is 0 Å². The second-order valence-electron chi connectivity index (χ2n) is 5.70. The monoisotopic (exact) mass is 355 g/mol. The van der Waals surface area contributed by atoms with E-state index in [1.807, 2.05) is 23.2 Å². The predicted octanol–water partition coefficient (Wildman–Crippen LogP) is 1.14. The van der Waals surface area contributed by atoms with Crippen molar-refractivity contribution in [1.29, 1.82) is 0 Å². The highest BCUT2D eigenvalue weighted by molar-refractivity contribution is 7.89.